The Kier molecular flexibility index (Phi) is 3.57. The molecule has 5 heteroatoms. The van der Waals surface area contributed by atoms with E-state index in [0.717, 1.165) is 39.2 Å². The molecule has 5 nitrogen and oxygen atoms in total. The van der Waals surface area contributed by atoms with Crippen molar-refractivity contribution in [1.29, 1.82) is 0 Å². The van der Waals surface area contributed by atoms with E-state index >= 15 is 0 Å². The molecule has 0 saturated carbocycles. The van der Waals surface area contributed by atoms with Gasteiger partial charge in [-0.2, -0.15) is 0 Å². The van der Waals surface area contributed by atoms with Gasteiger partial charge in [0.15, 0.2) is 0 Å². The van der Waals surface area contributed by atoms with Crippen LogP contribution in [0.4, 0.5) is 11.4 Å². The molecule has 130 valence electrons. The maximum absolute atomic E-state index is 12.8. The number of fused-ring (bicyclic) bond motifs is 2. The first-order chi connectivity index (χ1) is 13.3. The van der Waals surface area contributed by atoms with Crippen molar-refractivity contribution in [2.24, 2.45) is 4.99 Å². The molecule has 5 rings (SSSR count). The van der Waals surface area contributed by atoms with E-state index in [-0.39, 0.29) is 5.91 Å². The first-order valence-electron chi connectivity index (χ1n) is 8.76. The second-order valence-corrected chi connectivity index (χ2v) is 6.48. The average Bonchev–Trinajstić information content (AvgIpc) is 3.30. The number of aromatic amines is 1. The normalized spacial score (nSPS) is 16.4. The molecule has 3 aromatic carbocycles. The Hall–Kier alpha value is -3.73. The Morgan fingerprint density at radius 3 is 2.67 bits per heavy atom. The van der Waals surface area contributed by atoms with Gasteiger partial charge >= 0.3 is 0 Å². The lowest BCUT2D eigenvalue weighted by molar-refractivity contribution is -0.115. The highest BCUT2D eigenvalue weighted by atomic mass is 16.2. The molecule has 27 heavy (non-hydrogen) atoms. The zero-order valence-electron chi connectivity index (χ0n) is 14.4. The number of H-pyrrole nitrogens is 1. The second-order valence-electron chi connectivity index (χ2n) is 6.48. The second kappa shape index (κ2) is 6.21. The summed E-state index contributed by atoms with van der Waals surface area (Å²) in [6.45, 7) is 0. The van der Waals surface area contributed by atoms with Crippen LogP contribution in [0.1, 0.15) is 17.0 Å². The Balaban J connectivity index is 1.69. The first-order valence-corrected chi connectivity index (χ1v) is 8.76. The molecule has 1 aromatic heterocycles. The van der Waals surface area contributed by atoms with E-state index in [2.05, 4.69) is 15.3 Å². The molecule has 0 radical (unpaired) electrons. The van der Waals surface area contributed by atoms with Gasteiger partial charge < -0.3 is 10.3 Å². The van der Waals surface area contributed by atoms with Crippen LogP contribution in [0.15, 0.2) is 84.1 Å². The number of rotatable bonds is 3. The van der Waals surface area contributed by atoms with Gasteiger partial charge in [-0.1, -0.05) is 48.5 Å². The third-order valence-electron chi connectivity index (χ3n) is 4.79. The van der Waals surface area contributed by atoms with Crippen molar-refractivity contribution in [3.63, 3.8) is 0 Å². The van der Waals surface area contributed by atoms with Crippen LogP contribution in [-0.4, -0.2) is 21.6 Å². The summed E-state index contributed by atoms with van der Waals surface area (Å²) in [5.74, 6) is -0.498. The van der Waals surface area contributed by atoms with E-state index in [1.54, 1.807) is 6.33 Å². The molecule has 0 saturated heterocycles. The fourth-order valence-corrected chi connectivity index (χ4v) is 3.52. The minimum absolute atomic E-state index is 0.0542. The molecule has 4 aromatic rings. The molecule has 2 heterocycles. The van der Waals surface area contributed by atoms with Gasteiger partial charge in [0.1, 0.15) is 5.92 Å². The quantitative estimate of drug-likeness (QED) is 0.536. The third-order valence-corrected chi connectivity index (χ3v) is 4.79. The Morgan fingerprint density at radius 1 is 0.963 bits per heavy atom. The van der Waals surface area contributed by atoms with Crippen molar-refractivity contribution >= 4 is 34.0 Å². The van der Waals surface area contributed by atoms with Crippen molar-refractivity contribution < 1.29 is 4.79 Å². The van der Waals surface area contributed by atoms with Gasteiger partial charge in [-0.3, -0.25) is 9.79 Å². The maximum Gasteiger partial charge on any atom is 0.238 e. The Bertz CT molecular complexity index is 1180. The summed E-state index contributed by atoms with van der Waals surface area (Å²) in [4.78, 5) is 25.1. The fourth-order valence-electron chi connectivity index (χ4n) is 3.52. The van der Waals surface area contributed by atoms with Crippen molar-refractivity contribution in [1.82, 2.24) is 9.97 Å². The smallest absolute Gasteiger partial charge is 0.238 e. The van der Waals surface area contributed by atoms with E-state index in [0.29, 0.717) is 0 Å². The maximum atomic E-state index is 12.8. The van der Waals surface area contributed by atoms with E-state index in [1.165, 1.54) is 0 Å². The number of aromatic nitrogens is 2. The number of aliphatic imine (C=N–C) groups is 1. The number of amides is 1. The molecule has 1 aliphatic heterocycles. The van der Waals surface area contributed by atoms with Gasteiger partial charge in [-0.25, -0.2) is 4.98 Å². The van der Waals surface area contributed by atoms with Crippen molar-refractivity contribution in [3.8, 4) is 0 Å². The highest BCUT2D eigenvalue weighted by Gasteiger charge is 2.35. The Labute approximate surface area is 155 Å². The van der Waals surface area contributed by atoms with Crippen LogP contribution < -0.4 is 5.32 Å². The number of anilines is 1. The van der Waals surface area contributed by atoms with Crippen LogP contribution >= 0.6 is 0 Å². The molecule has 1 aliphatic rings. The lowest BCUT2D eigenvalue weighted by atomic mass is 9.90. The molecule has 0 bridgehead atoms. The van der Waals surface area contributed by atoms with E-state index < -0.39 is 5.92 Å². The van der Waals surface area contributed by atoms with E-state index in [4.69, 9.17) is 4.99 Å². The summed E-state index contributed by atoms with van der Waals surface area (Å²) in [6.07, 6.45) is 1.66. The number of hydrogen-bond acceptors (Lipinski definition) is 3. The highest BCUT2D eigenvalue weighted by molar-refractivity contribution is 6.24. The fraction of sp³-hybridized carbons (Fsp3) is 0.0455. The zero-order valence-corrected chi connectivity index (χ0v) is 14.4. The summed E-state index contributed by atoms with van der Waals surface area (Å²) in [5, 5.41) is 2.97. The van der Waals surface area contributed by atoms with Gasteiger partial charge in [0, 0.05) is 5.69 Å². The number of hydrogen-bond donors (Lipinski definition) is 2. The number of para-hydroxylation sites is 1. The summed E-state index contributed by atoms with van der Waals surface area (Å²) >= 11 is 0. The van der Waals surface area contributed by atoms with Gasteiger partial charge in [0.2, 0.25) is 5.91 Å². The summed E-state index contributed by atoms with van der Waals surface area (Å²) in [6, 6.07) is 23.4. The Morgan fingerprint density at radius 2 is 1.78 bits per heavy atom. The van der Waals surface area contributed by atoms with Crippen molar-refractivity contribution in [2.45, 2.75) is 5.92 Å². The molecule has 0 spiro atoms. The number of carbonyl (C=O) groups is 1. The molecule has 1 amide bonds. The SMILES string of the molecule is O=C1Nc2ccccc2C1C(=Nc1ccc2nc[nH]c2c1)c1ccccc1. The van der Waals surface area contributed by atoms with Gasteiger partial charge in [-0.05, 0) is 35.4 Å². The van der Waals surface area contributed by atoms with E-state index in [1.807, 2.05) is 72.8 Å². The average molecular weight is 352 g/mol. The van der Waals surface area contributed by atoms with Crippen LogP contribution in [0.25, 0.3) is 11.0 Å². The molecular formula is C22H16N4O. The van der Waals surface area contributed by atoms with Crippen LogP contribution in [0, 0.1) is 0 Å². The molecule has 2 N–H and O–H groups in total. The lowest BCUT2D eigenvalue weighted by Gasteiger charge is -2.14. The van der Waals surface area contributed by atoms with Crippen LogP contribution in [-0.2, 0) is 4.79 Å². The zero-order chi connectivity index (χ0) is 18.2. The van der Waals surface area contributed by atoms with E-state index in [9.17, 15) is 4.79 Å². The molecule has 0 aliphatic carbocycles. The standard InChI is InChI=1S/C22H16N4O/c27-22-20(16-8-4-5-9-17(16)26-22)21(14-6-2-1-3-7-14)25-15-10-11-18-19(12-15)24-13-23-18/h1-13,20H,(H,23,24)(H,26,27). The predicted molar refractivity (Wildman–Crippen MR) is 107 cm³/mol. The molecular weight excluding hydrogens is 336 g/mol. The highest BCUT2D eigenvalue weighted by Crippen LogP contribution is 2.36. The van der Waals surface area contributed by atoms with Gasteiger partial charge in [0.05, 0.1) is 28.8 Å². The first kappa shape index (κ1) is 15.5. The molecule has 0 fully saturated rings. The monoisotopic (exact) mass is 352 g/mol. The third kappa shape index (κ3) is 2.69. The van der Waals surface area contributed by atoms with Crippen molar-refractivity contribution in [3.05, 3.63) is 90.3 Å². The lowest BCUT2D eigenvalue weighted by Crippen LogP contribution is -2.21. The van der Waals surface area contributed by atoms with Crippen molar-refractivity contribution in [2.75, 3.05) is 5.32 Å². The minimum atomic E-state index is -0.443. The number of carbonyl (C=O) groups excluding carboxylic acids is 1. The topological polar surface area (TPSA) is 70.1 Å². The number of imidazole rings is 1. The van der Waals surface area contributed by atoms with Crippen LogP contribution in [0.2, 0.25) is 0 Å². The summed E-state index contributed by atoms with van der Waals surface area (Å²) in [7, 11) is 0. The minimum Gasteiger partial charge on any atom is -0.345 e. The van der Waals surface area contributed by atoms with Gasteiger partial charge in [-0.15, -0.1) is 0 Å². The van der Waals surface area contributed by atoms with Crippen LogP contribution in [0.5, 0.6) is 0 Å². The van der Waals surface area contributed by atoms with Gasteiger partial charge in [0.25, 0.3) is 0 Å². The predicted octanol–water partition coefficient (Wildman–Crippen LogP) is 4.42. The molecule has 1 atom stereocenters. The number of nitrogens with one attached hydrogen (secondary N) is 2. The molecule has 1 unspecified atom stereocenters. The largest absolute Gasteiger partial charge is 0.345 e. The number of nitrogens with zero attached hydrogens (tertiary/aromatic N) is 2. The summed E-state index contributed by atoms with van der Waals surface area (Å²) < 4.78 is 0. The number of benzene rings is 3. The van der Waals surface area contributed by atoms with Crippen LogP contribution in [0.3, 0.4) is 0 Å². The summed E-state index contributed by atoms with van der Waals surface area (Å²) in [5.41, 5.74) is 6.05.